The van der Waals surface area contributed by atoms with Gasteiger partial charge in [0.1, 0.15) is 12.2 Å². The van der Waals surface area contributed by atoms with Gasteiger partial charge < -0.3 is 20.1 Å². The van der Waals surface area contributed by atoms with Gasteiger partial charge in [0.25, 0.3) is 0 Å². The maximum absolute atomic E-state index is 5.66. The van der Waals surface area contributed by atoms with Gasteiger partial charge in [-0.3, -0.25) is 4.99 Å². The van der Waals surface area contributed by atoms with Crippen molar-refractivity contribution in [2.75, 3.05) is 26.8 Å². The van der Waals surface area contributed by atoms with E-state index in [1.807, 2.05) is 17.7 Å². The minimum Gasteiger partial charge on any atom is -0.493 e. The van der Waals surface area contributed by atoms with Crippen LogP contribution in [0.1, 0.15) is 38.1 Å². The average Bonchev–Trinajstić information content (AvgIpc) is 3.19. The summed E-state index contributed by atoms with van der Waals surface area (Å²) in [5, 5.41) is 11.2. The van der Waals surface area contributed by atoms with Crippen molar-refractivity contribution < 1.29 is 9.47 Å². The van der Waals surface area contributed by atoms with E-state index in [0.29, 0.717) is 12.6 Å². The lowest BCUT2D eigenvalue weighted by molar-refractivity contribution is 0.310. The fraction of sp³-hybridized carbons (Fsp3) is 0.571. The van der Waals surface area contributed by atoms with E-state index in [4.69, 9.17) is 14.5 Å². The molecule has 0 radical (unpaired) electrons. The molecule has 1 aromatic carbocycles. The Kier molecular flexibility index (Phi) is 7.72. The number of aryl methyl sites for hydroxylation is 2. The van der Waals surface area contributed by atoms with Crippen molar-refractivity contribution in [2.45, 2.75) is 52.1 Å². The van der Waals surface area contributed by atoms with E-state index < -0.39 is 0 Å². The number of aromatic nitrogens is 3. The van der Waals surface area contributed by atoms with Gasteiger partial charge in [0.05, 0.1) is 20.3 Å². The van der Waals surface area contributed by atoms with Crippen LogP contribution >= 0.6 is 0 Å². The molecule has 8 heteroatoms. The molecule has 1 unspecified atom stereocenters. The Morgan fingerprint density at radius 2 is 2.21 bits per heavy atom. The highest BCUT2D eigenvalue weighted by Crippen LogP contribution is 2.28. The zero-order valence-corrected chi connectivity index (χ0v) is 17.6. The average molecular weight is 401 g/mol. The molecule has 0 spiro atoms. The molecule has 1 aliphatic rings. The van der Waals surface area contributed by atoms with Crippen LogP contribution in [0.4, 0.5) is 0 Å². The molecule has 0 bridgehead atoms. The maximum Gasteiger partial charge on any atom is 0.191 e. The molecule has 0 amide bonds. The molecule has 0 saturated heterocycles. The van der Waals surface area contributed by atoms with E-state index >= 15 is 0 Å². The van der Waals surface area contributed by atoms with Crippen molar-refractivity contribution in [3.8, 4) is 11.5 Å². The van der Waals surface area contributed by atoms with Crippen LogP contribution < -0.4 is 20.1 Å². The second kappa shape index (κ2) is 10.7. The number of nitrogens with zero attached hydrogens (tertiary/aromatic N) is 4. The van der Waals surface area contributed by atoms with Crippen molar-refractivity contribution in [2.24, 2.45) is 4.99 Å². The van der Waals surface area contributed by atoms with Gasteiger partial charge in [-0.1, -0.05) is 6.07 Å². The number of ether oxygens (including phenoxy) is 2. The van der Waals surface area contributed by atoms with Crippen LogP contribution in [0.25, 0.3) is 0 Å². The summed E-state index contributed by atoms with van der Waals surface area (Å²) in [7, 11) is 1.66. The number of nitrogens with one attached hydrogen (secondary N) is 2. The fourth-order valence-corrected chi connectivity index (χ4v) is 3.49. The SMILES string of the molecule is CCNC(=NCCCc1ccc(OC)c(OCC)c1)NC1CCc2ncnn2C1. The van der Waals surface area contributed by atoms with Gasteiger partial charge in [0, 0.05) is 25.6 Å². The minimum absolute atomic E-state index is 0.317. The van der Waals surface area contributed by atoms with Crippen LogP contribution in [-0.4, -0.2) is 53.6 Å². The van der Waals surface area contributed by atoms with Crippen LogP contribution in [0.15, 0.2) is 29.5 Å². The lowest BCUT2D eigenvalue weighted by atomic mass is 10.1. The predicted octanol–water partition coefficient (Wildman–Crippen LogP) is 2.19. The van der Waals surface area contributed by atoms with Crippen LogP contribution in [0.5, 0.6) is 11.5 Å². The van der Waals surface area contributed by atoms with Crippen molar-refractivity contribution in [1.29, 1.82) is 0 Å². The van der Waals surface area contributed by atoms with E-state index in [1.54, 1.807) is 13.4 Å². The second-order valence-electron chi connectivity index (χ2n) is 7.02. The quantitative estimate of drug-likeness (QED) is 0.381. The number of hydrogen-bond donors (Lipinski definition) is 2. The molecular weight excluding hydrogens is 368 g/mol. The van der Waals surface area contributed by atoms with Crippen LogP contribution in [-0.2, 0) is 19.4 Å². The van der Waals surface area contributed by atoms with Gasteiger partial charge >= 0.3 is 0 Å². The molecule has 1 aliphatic heterocycles. The zero-order valence-electron chi connectivity index (χ0n) is 17.6. The Hall–Kier alpha value is -2.77. The zero-order chi connectivity index (χ0) is 20.5. The summed E-state index contributed by atoms with van der Waals surface area (Å²) >= 11 is 0. The number of hydrogen-bond acceptors (Lipinski definition) is 5. The normalized spacial score (nSPS) is 16.2. The second-order valence-corrected chi connectivity index (χ2v) is 7.02. The van der Waals surface area contributed by atoms with Gasteiger partial charge in [-0.05, 0) is 50.8 Å². The predicted molar refractivity (Wildman–Crippen MR) is 114 cm³/mol. The number of fused-ring (bicyclic) bond motifs is 1. The lowest BCUT2D eigenvalue weighted by Gasteiger charge is -2.25. The van der Waals surface area contributed by atoms with Gasteiger partial charge in [0.2, 0.25) is 0 Å². The Balaban J connectivity index is 1.51. The lowest BCUT2D eigenvalue weighted by Crippen LogP contribution is -2.47. The summed E-state index contributed by atoms with van der Waals surface area (Å²) in [4.78, 5) is 9.04. The smallest absolute Gasteiger partial charge is 0.191 e. The minimum atomic E-state index is 0.317. The number of benzene rings is 1. The molecule has 29 heavy (non-hydrogen) atoms. The third-order valence-corrected chi connectivity index (χ3v) is 4.91. The number of guanidine groups is 1. The molecule has 3 rings (SSSR count). The molecule has 0 saturated carbocycles. The third kappa shape index (κ3) is 5.85. The topological polar surface area (TPSA) is 85.6 Å². The monoisotopic (exact) mass is 400 g/mol. The van der Waals surface area contributed by atoms with Gasteiger partial charge in [0.15, 0.2) is 17.5 Å². The molecule has 8 nitrogen and oxygen atoms in total. The summed E-state index contributed by atoms with van der Waals surface area (Å²) in [6.45, 7) is 7.10. The maximum atomic E-state index is 5.66. The first-order valence-corrected chi connectivity index (χ1v) is 10.4. The van der Waals surface area contributed by atoms with Crippen LogP contribution in [0, 0.1) is 0 Å². The van der Waals surface area contributed by atoms with Gasteiger partial charge in [-0.2, -0.15) is 5.10 Å². The molecular formula is C21H32N6O2. The highest BCUT2D eigenvalue weighted by atomic mass is 16.5. The Labute approximate surface area is 172 Å². The summed E-state index contributed by atoms with van der Waals surface area (Å²) < 4.78 is 13.0. The van der Waals surface area contributed by atoms with Crippen molar-refractivity contribution in [1.82, 2.24) is 25.4 Å². The summed E-state index contributed by atoms with van der Waals surface area (Å²) in [6.07, 6.45) is 5.52. The Morgan fingerprint density at radius 3 is 3.00 bits per heavy atom. The van der Waals surface area contributed by atoms with E-state index in [0.717, 1.165) is 68.6 Å². The Bertz CT molecular complexity index is 804. The number of rotatable bonds is 9. The molecule has 2 heterocycles. The third-order valence-electron chi connectivity index (χ3n) is 4.91. The number of methoxy groups -OCH3 is 1. The summed E-state index contributed by atoms with van der Waals surface area (Å²) in [5.41, 5.74) is 1.23. The molecule has 2 aromatic rings. The van der Waals surface area contributed by atoms with Crippen molar-refractivity contribution in [3.05, 3.63) is 35.9 Å². The van der Waals surface area contributed by atoms with E-state index in [2.05, 4.69) is 39.8 Å². The van der Waals surface area contributed by atoms with Crippen LogP contribution in [0.3, 0.4) is 0 Å². The Morgan fingerprint density at radius 1 is 1.31 bits per heavy atom. The highest BCUT2D eigenvalue weighted by molar-refractivity contribution is 5.80. The van der Waals surface area contributed by atoms with Crippen molar-refractivity contribution in [3.63, 3.8) is 0 Å². The first-order chi connectivity index (χ1) is 14.2. The van der Waals surface area contributed by atoms with E-state index in [9.17, 15) is 0 Å². The highest BCUT2D eigenvalue weighted by Gasteiger charge is 2.20. The first-order valence-electron chi connectivity index (χ1n) is 10.4. The fourth-order valence-electron chi connectivity index (χ4n) is 3.49. The van der Waals surface area contributed by atoms with E-state index in [1.165, 1.54) is 5.56 Å². The number of aliphatic imine (C=N–C) groups is 1. The molecule has 1 aromatic heterocycles. The van der Waals surface area contributed by atoms with E-state index in [-0.39, 0.29) is 0 Å². The standard InChI is InChI=1S/C21H32N6O2/c1-4-22-21(26-17-9-11-20-24-15-25-27(20)14-17)23-12-6-7-16-8-10-18(28-3)19(13-16)29-5-2/h8,10,13,15,17H,4-7,9,11-12,14H2,1-3H3,(H2,22,23,26). The van der Waals surface area contributed by atoms with Gasteiger partial charge in [-0.15, -0.1) is 0 Å². The van der Waals surface area contributed by atoms with Crippen molar-refractivity contribution >= 4 is 5.96 Å². The molecule has 2 N–H and O–H groups in total. The summed E-state index contributed by atoms with van der Waals surface area (Å²) in [6, 6.07) is 6.44. The molecule has 0 fully saturated rings. The van der Waals surface area contributed by atoms with Crippen LogP contribution in [0.2, 0.25) is 0 Å². The van der Waals surface area contributed by atoms with Gasteiger partial charge in [-0.25, -0.2) is 9.67 Å². The largest absolute Gasteiger partial charge is 0.493 e. The molecule has 1 atom stereocenters. The first kappa shape index (κ1) is 21.0. The molecule has 158 valence electrons. The molecule has 0 aliphatic carbocycles. The summed E-state index contributed by atoms with van der Waals surface area (Å²) in [5.74, 6) is 3.51.